The largest absolute Gasteiger partial charge is 0.317 e. The maximum Gasteiger partial charge on any atom is 0.210 e. The summed E-state index contributed by atoms with van der Waals surface area (Å²) in [5, 5.41) is 11.4. The van der Waals surface area contributed by atoms with Crippen LogP contribution in [-0.2, 0) is 10.0 Å². The minimum absolute atomic E-state index is 0.0247. The molecule has 0 amide bonds. The van der Waals surface area contributed by atoms with Crippen molar-refractivity contribution in [3.05, 3.63) is 0 Å². The summed E-state index contributed by atoms with van der Waals surface area (Å²) in [5.41, 5.74) is 0. The van der Waals surface area contributed by atoms with Gasteiger partial charge >= 0.3 is 0 Å². The number of primary sulfonamides is 1. The Morgan fingerprint density at radius 3 is 2.86 bits per heavy atom. The van der Waals surface area contributed by atoms with Crippen LogP contribution in [0.25, 0.3) is 0 Å². The molecule has 1 saturated heterocycles. The zero-order chi connectivity index (χ0) is 10.4. The fourth-order valence-corrected chi connectivity index (χ4v) is 2.03. The maximum absolute atomic E-state index is 10.7. The van der Waals surface area contributed by atoms with Gasteiger partial charge < -0.3 is 10.6 Å². The molecule has 0 spiro atoms. The number of nitrogens with one attached hydrogen (secondary N) is 2. The number of rotatable bonds is 4. The van der Waals surface area contributed by atoms with Crippen molar-refractivity contribution < 1.29 is 8.42 Å². The van der Waals surface area contributed by atoms with Gasteiger partial charge in [-0.05, 0) is 32.4 Å². The average Bonchev–Trinajstić information content (AvgIpc) is 2.30. The normalized spacial score (nSPS) is 24.5. The zero-order valence-corrected chi connectivity index (χ0v) is 9.15. The second-order valence-corrected chi connectivity index (χ2v) is 5.43. The van der Waals surface area contributed by atoms with Gasteiger partial charge in [0.05, 0.1) is 5.75 Å². The standard InChI is InChI=1S/C8H19N3O2S/c9-14(12,13)7-6-11-8-2-1-4-10-5-3-8/h8,10-11H,1-7H2,(H2,9,12,13). The van der Waals surface area contributed by atoms with Crippen LogP contribution in [0.15, 0.2) is 0 Å². The quantitative estimate of drug-likeness (QED) is 0.569. The number of nitrogens with two attached hydrogens (primary N) is 1. The maximum atomic E-state index is 10.7. The van der Waals surface area contributed by atoms with Gasteiger partial charge in [0.2, 0.25) is 10.0 Å². The molecule has 1 aliphatic rings. The van der Waals surface area contributed by atoms with Gasteiger partial charge in [0.25, 0.3) is 0 Å². The monoisotopic (exact) mass is 221 g/mol. The molecule has 14 heavy (non-hydrogen) atoms. The van der Waals surface area contributed by atoms with Crippen LogP contribution in [0.3, 0.4) is 0 Å². The first-order valence-electron chi connectivity index (χ1n) is 5.02. The molecule has 0 aromatic heterocycles. The Hall–Kier alpha value is -0.170. The third-order valence-corrected chi connectivity index (χ3v) is 3.17. The third-order valence-electron chi connectivity index (χ3n) is 2.40. The molecule has 6 heteroatoms. The molecular formula is C8H19N3O2S. The lowest BCUT2D eigenvalue weighted by Gasteiger charge is -2.14. The third kappa shape index (κ3) is 5.54. The van der Waals surface area contributed by atoms with Crippen molar-refractivity contribution in [3.8, 4) is 0 Å². The van der Waals surface area contributed by atoms with Crippen LogP contribution in [-0.4, -0.2) is 39.8 Å². The molecule has 1 fully saturated rings. The Kier molecular flexibility index (Phi) is 4.80. The van der Waals surface area contributed by atoms with E-state index in [1.54, 1.807) is 0 Å². The van der Waals surface area contributed by atoms with Crippen molar-refractivity contribution in [2.24, 2.45) is 5.14 Å². The lowest BCUT2D eigenvalue weighted by Crippen LogP contribution is -2.35. The summed E-state index contributed by atoms with van der Waals surface area (Å²) < 4.78 is 21.3. The van der Waals surface area contributed by atoms with Crippen molar-refractivity contribution >= 4 is 10.0 Å². The van der Waals surface area contributed by atoms with E-state index in [9.17, 15) is 8.42 Å². The lowest BCUT2D eigenvalue weighted by atomic mass is 10.1. The van der Waals surface area contributed by atoms with Crippen LogP contribution in [0.1, 0.15) is 19.3 Å². The first kappa shape index (κ1) is 11.9. The molecule has 1 aliphatic heterocycles. The van der Waals surface area contributed by atoms with Gasteiger partial charge in [0.15, 0.2) is 0 Å². The van der Waals surface area contributed by atoms with Crippen LogP contribution in [0.2, 0.25) is 0 Å². The summed E-state index contributed by atoms with van der Waals surface area (Å²) in [4.78, 5) is 0. The Bertz CT molecular complexity index is 245. The minimum atomic E-state index is -3.31. The van der Waals surface area contributed by atoms with E-state index in [2.05, 4.69) is 10.6 Å². The van der Waals surface area contributed by atoms with Gasteiger partial charge in [-0.15, -0.1) is 0 Å². The Morgan fingerprint density at radius 1 is 1.36 bits per heavy atom. The summed E-state index contributed by atoms with van der Waals surface area (Å²) in [5.74, 6) is 0.0247. The van der Waals surface area contributed by atoms with E-state index in [1.807, 2.05) is 0 Å². The van der Waals surface area contributed by atoms with E-state index in [4.69, 9.17) is 5.14 Å². The van der Waals surface area contributed by atoms with Gasteiger partial charge in [-0.3, -0.25) is 0 Å². The van der Waals surface area contributed by atoms with Crippen LogP contribution in [0, 0.1) is 0 Å². The molecule has 4 N–H and O–H groups in total. The molecule has 0 saturated carbocycles. The molecule has 0 aromatic rings. The predicted molar refractivity (Wildman–Crippen MR) is 56.5 cm³/mol. The summed E-state index contributed by atoms with van der Waals surface area (Å²) in [6.07, 6.45) is 3.31. The number of sulfonamides is 1. The summed E-state index contributed by atoms with van der Waals surface area (Å²) >= 11 is 0. The van der Waals surface area contributed by atoms with Crippen LogP contribution < -0.4 is 15.8 Å². The molecule has 1 unspecified atom stereocenters. The second-order valence-electron chi connectivity index (χ2n) is 3.70. The Balaban J connectivity index is 2.16. The molecule has 1 atom stereocenters. The highest BCUT2D eigenvalue weighted by molar-refractivity contribution is 7.89. The minimum Gasteiger partial charge on any atom is -0.317 e. The summed E-state index contributed by atoms with van der Waals surface area (Å²) in [6, 6.07) is 0.437. The number of hydrogen-bond acceptors (Lipinski definition) is 4. The van der Waals surface area contributed by atoms with Crippen molar-refractivity contribution in [2.45, 2.75) is 25.3 Å². The van der Waals surface area contributed by atoms with E-state index in [1.165, 1.54) is 0 Å². The van der Waals surface area contributed by atoms with Crippen molar-refractivity contribution in [2.75, 3.05) is 25.4 Å². The predicted octanol–water partition coefficient (Wildman–Crippen LogP) is -0.993. The molecule has 0 radical (unpaired) electrons. The number of hydrogen-bond donors (Lipinski definition) is 3. The topological polar surface area (TPSA) is 84.2 Å². The summed E-state index contributed by atoms with van der Waals surface area (Å²) in [6.45, 7) is 2.53. The zero-order valence-electron chi connectivity index (χ0n) is 8.33. The van der Waals surface area contributed by atoms with Crippen molar-refractivity contribution in [1.82, 2.24) is 10.6 Å². The SMILES string of the molecule is NS(=O)(=O)CCNC1CCCNCC1. The lowest BCUT2D eigenvalue weighted by molar-refractivity contribution is 0.481. The van der Waals surface area contributed by atoms with E-state index in [0.717, 1.165) is 32.4 Å². The van der Waals surface area contributed by atoms with Crippen molar-refractivity contribution in [3.63, 3.8) is 0 Å². The smallest absolute Gasteiger partial charge is 0.210 e. The van der Waals surface area contributed by atoms with E-state index < -0.39 is 10.0 Å². The fraction of sp³-hybridized carbons (Fsp3) is 1.00. The fourth-order valence-electron chi connectivity index (χ4n) is 1.63. The average molecular weight is 221 g/mol. The van der Waals surface area contributed by atoms with E-state index in [0.29, 0.717) is 12.6 Å². The highest BCUT2D eigenvalue weighted by atomic mass is 32.2. The molecule has 0 bridgehead atoms. The van der Waals surface area contributed by atoms with Gasteiger partial charge in [0.1, 0.15) is 0 Å². The summed E-state index contributed by atoms with van der Waals surface area (Å²) in [7, 11) is -3.31. The van der Waals surface area contributed by atoms with Crippen LogP contribution >= 0.6 is 0 Å². The first-order valence-corrected chi connectivity index (χ1v) is 6.74. The van der Waals surface area contributed by atoms with Gasteiger partial charge in [-0.2, -0.15) is 0 Å². The van der Waals surface area contributed by atoms with E-state index in [-0.39, 0.29) is 5.75 Å². The second kappa shape index (κ2) is 5.65. The Morgan fingerprint density at radius 2 is 2.14 bits per heavy atom. The highest BCUT2D eigenvalue weighted by Crippen LogP contribution is 2.04. The molecular weight excluding hydrogens is 202 g/mol. The molecule has 1 rings (SSSR count). The van der Waals surface area contributed by atoms with E-state index >= 15 is 0 Å². The highest BCUT2D eigenvalue weighted by Gasteiger charge is 2.11. The molecule has 0 aromatic carbocycles. The van der Waals surface area contributed by atoms with Crippen molar-refractivity contribution in [1.29, 1.82) is 0 Å². The van der Waals surface area contributed by atoms with Gasteiger partial charge in [-0.25, -0.2) is 13.6 Å². The molecule has 5 nitrogen and oxygen atoms in total. The molecule has 0 aliphatic carbocycles. The van der Waals surface area contributed by atoms with Gasteiger partial charge in [-0.1, -0.05) is 0 Å². The van der Waals surface area contributed by atoms with Gasteiger partial charge in [0, 0.05) is 12.6 Å². The Labute approximate surface area is 85.5 Å². The van der Waals surface area contributed by atoms with Crippen LogP contribution in [0.5, 0.6) is 0 Å². The molecule has 1 heterocycles. The molecule has 84 valence electrons. The first-order chi connectivity index (χ1) is 6.58. The van der Waals surface area contributed by atoms with Crippen LogP contribution in [0.4, 0.5) is 0 Å².